The van der Waals surface area contributed by atoms with Gasteiger partial charge >= 0.3 is 0 Å². The molecule has 1 heterocycles. The van der Waals surface area contributed by atoms with Gasteiger partial charge in [0.1, 0.15) is 5.82 Å². The molecule has 11 heteroatoms. The SMILES string of the molecule is CC.CCCCNC(=O)C[C@H](O)C[C@H](O)/C=C/c1c(-c2ccc(F)cc2)nc(N(C)S(C)(=O)=O)nc1C(C)C. The number of hydrogen-bond acceptors (Lipinski definition) is 7. The number of amides is 1. The number of aliphatic hydroxyl groups is 2. The molecule has 3 N–H and O–H groups in total. The number of benzene rings is 1. The molecule has 9 nitrogen and oxygen atoms in total. The summed E-state index contributed by atoms with van der Waals surface area (Å²) in [5.41, 5.74) is 1.95. The number of sulfonamides is 1. The number of anilines is 1. The molecule has 1 amide bonds. The second-order valence-corrected chi connectivity index (χ2v) is 11.3. The van der Waals surface area contributed by atoms with Gasteiger partial charge in [-0.15, -0.1) is 0 Å². The standard InChI is InChI=1S/C26H37FN4O5S.C2H6/c1-6-7-14-28-23(34)16-21(33)15-20(32)12-13-22-24(17(2)3)29-26(31(4)37(5,35)36)30-25(22)18-8-10-19(27)11-9-18;1-2/h8-13,17,20-21,32-33H,6-7,14-16H2,1-5H3,(H,28,34);1-2H3/b13-12+;/t20-,21-;/m1./s1. The van der Waals surface area contributed by atoms with Crippen LogP contribution in [0, 0.1) is 5.82 Å². The molecule has 2 atom stereocenters. The summed E-state index contributed by atoms with van der Waals surface area (Å²) < 4.78 is 38.9. The minimum Gasteiger partial charge on any atom is -0.392 e. The van der Waals surface area contributed by atoms with Gasteiger partial charge in [-0.2, -0.15) is 0 Å². The summed E-state index contributed by atoms with van der Waals surface area (Å²) in [4.78, 5) is 20.9. The molecule has 0 aliphatic heterocycles. The number of hydrogen-bond donors (Lipinski definition) is 3. The highest BCUT2D eigenvalue weighted by Crippen LogP contribution is 2.31. The van der Waals surface area contributed by atoms with E-state index >= 15 is 0 Å². The summed E-state index contributed by atoms with van der Waals surface area (Å²) >= 11 is 0. The van der Waals surface area contributed by atoms with Gasteiger partial charge < -0.3 is 15.5 Å². The molecule has 0 saturated carbocycles. The van der Waals surface area contributed by atoms with E-state index in [9.17, 15) is 27.8 Å². The van der Waals surface area contributed by atoms with Gasteiger partial charge in [0, 0.05) is 31.1 Å². The summed E-state index contributed by atoms with van der Waals surface area (Å²) in [5, 5.41) is 23.5. The zero-order valence-electron chi connectivity index (χ0n) is 24.0. The summed E-state index contributed by atoms with van der Waals surface area (Å²) in [6.45, 7) is 10.3. The molecule has 218 valence electrons. The van der Waals surface area contributed by atoms with Crippen LogP contribution < -0.4 is 9.62 Å². The molecule has 0 unspecified atom stereocenters. The van der Waals surface area contributed by atoms with Crippen molar-refractivity contribution in [2.24, 2.45) is 0 Å². The van der Waals surface area contributed by atoms with Gasteiger partial charge in [0.25, 0.3) is 0 Å². The average molecular weight is 567 g/mol. The van der Waals surface area contributed by atoms with Crippen LogP contribution in [0.2, 0.25) is 0 Å². The van der Waals surface area contributed by atoms with Crippen LogP contribution in [0.1, 0.15) is 77.5 Å². The van der Waals surface area contributed by atoms with Gasteiger partial charge in [-0.1, -0.05) is 53.2 Å². The second kappa shape index (κ2) is 16.3. The van der Waals surface area contributed by atoms with E-state index in [2.05, 4.69) is 15.3 Å². The molecule has 0 bridgehead atoms. The lowest BCUT2D eigenvalue weighted by Gasteiger charge is -2.20. The van der Waals surface area contributed by atoms with Crippen molar-refractivity contribution in [2.75, 3.05) is 24.2 Å². The number of nitrogens with one attached hydrogen (secondary N) is 1. The largest absolute Gasteiger partial charge is 0.392 e. The first-order valence-corrected chi connectivity index (χ1v) is 15.1. The molecule has 0 aliphatic carbocycles. The molecule has 2 aromatic rings. The van der Waals surface area contributed by atoms with E-state index in [1.54, 1.807) is 6.08 Å². The lowest BCUT2D eigenvalue weighted by atomic mass is 9.97. The summed E-state index contributed by atoms with van der Waals surface area (Å²) in [7, 11) is -2.29. The highest BCUT2D eigenvalue weighted by molar-refractivity contribution is 7.92. The number of aromatic nitrogens is 2. The smallest absolute Gasteiger partial charge is 0.239 e. The molecule has 0 saturated heterocycles. The third kappa shape index (κ3) is 11.0. The van der Waals surface area contributed by atoms with Crippen molar-refractivity contribution >= 4 is 28.0 Å². The first-order valence-electron chi connectivity index (χ1n) is 13.3. The summed E-state index contributed by atoms with van der Waals surface area (Å²) in [5.74, 6) is -0.900. The molecule has 0 aliphatic rings. The Bertz CT molecular complexity index is 1190. The zero-order chi connectivity index (χ0) is 29.8. The number of nitrogens with zero attached hydrogens (tertiary/aromatic N) is 3. The molecule has 0 radical (unpaired) electrons. The third-order valence-corrected chi connectivity index (χ3v) is 6.84. The number of unbranched alkanes of at least 4 members (excludes halogenated alkanes) is 1. The van der Waals surface area contributed by atoms with Crippen molar-refractivity contribution in [2.45, 2.75) is 78.4 Å². The van der Waals surface area contributed by atoms with Gasteiger partial charge in [0.2, 0.25) is 21.9 Å². The average Bonchev–Trinajstić information content (AvgIpc) is 2.87. The molecular formula is C28H43FN4O5S. The number of carbonyl (C=O) groups is 1. The fraction of sp³-hybridized carbons (Fsp3) is 0.536. The molecule has 2 rings (SSSR count). The first-order chi connectivity index (χ1) is 18.3. The Labute approximate surface area is 232 Å². The van der Waals surface area contributed by atoms with Crippen LogP contribution in [0.25, 0.3) is 17.3 Å². The Morgan fingerprint density at radius 3 is 2.31 bits per heavy atom. The Hall–Kier alpha value is -2.89. The van der Waals surface area contributed by atoms with Crippen LogP contribution in [0.3, 0.4) is 0 Å². The lowest BCUT2D eigenvalue weighted by Crippen LogP contribution is -2.29. The van der Waals surface area contributed by atoms with Crippen LogP contribution in [0.15, 0.2) is 30.3 Å². The van der Waals surface area contributed by atoms with Crippen molar-refractivity contribution in [1.29, 1.82) is 0 Å². The van der Waals surface area contributed by atoms with Gasteiger partial charge in [0.05, 0.1) is 36.3 Å². The summed E-state index contributed by atoms with van der Waals surface area (Å²) in [6.07, 6.45) is 3.62. The number of halogens is 1. The number of aliphatic hydroxyl groups excluding tert-OH is 2. The van der Waals surface area contributed by atoms with Crippen LogP contribution in [0.4, 0.5) is 10.3 Å². The topological polar surface area (TPSA) is 133 Å². The van der Waals surface area contributed by atoms with Crippen LogP contribution >= 0.6 is 0 Å². The third-order valence-electron chi connectivity index (χ3n) is 5.68. The molecule has 0 spiro atoms. The number of carbonyl (C=O) groups excluding carboxylic acids is 1. The highest BCUT2D eigenvalue weighted by Gasteiger charge is 2.22. The van der Waals surface area contributed by atoms with Gasteiger partial charge in [0.15, 0.2) is 0 Å². The van der Waals surface area contributed by atoms with E-state index in [0.717, 1.165) is 23.4 Å². The van der Waals surface area contributed by atoms with E-state index in [4.69, 9.17) is 0 Å². The van der Waals surface area contributed by atoms with Crippen LogP contribution in [0.5, 0.6) is 0 Å². The molecule has 0 fully saturated rings. The fourth-order valence-electron chi connectivity index (χ4n) is 3.53. The minimum atomic E-state index is -3.64. The second-order valence-electron chi connectivity index (χ2n) is 9.29. The maximum absolute atomic E-state index is 13.6. The molecule has 39 heavy (non-hydrogen) atoms. The van der Waals surface area contributed by atoms with Crippen molar-refractivity contribution in [1.82, 2.24) is 15.3 Å². The predicted octanol–water partition coefficient (Wildman–Crippen LogP) is 4.26. The summed E-state index contributed by atoms with van der Waals surface area (Å²) in [6, 6.07) is 5.61. The van der Waals surface area contributed by atoms with E-state index < -0.39 is 28.0 Å². The molecule has 1 aromatic heterocycles. The van der Waals surface area contributed by atoms with Crippen molar-refractivity contribution in [3.63, 3.8) is 0 Å². The van der Waals surface area contributed by atoms with Crippen LogP contribution in [-0.4, -0.2) is 66.6 Å². The Kier molecular flexibility index (Phi) is 14.2. The molecule has 1 aromatic carbocycles. The maximum Gasteiger partial charge on any atom is 0.239 e. The van der Waals surface area contributed by atoms with Gasteiger partial charge in [-0.05, 0) is 36.6 Å². The van der Waals surface area contributed by atoms with Gasteiger partial charge in [-0.3, -0.25) is 4.79 Å². The quantitative estimate of drug-likeness (QED) is 0.309. The minimum absolute atomic E-state index is 0.0345. The monoisotopic (exact) mass is 566 g/mol. The Morgan fingerprint density at radius 2 is 1.77 bits per heavy atom. The predicted molar refractivity (Wildman–Crippen MR) is 154 cm³/mol. The lowest BCUT2D eigenvalue weighted by molar-refractivity contribution is -0.123. The Morgan fingerprint density at radius 1 is 1.15 bits per heavy atom. The van der Waals surface area contributed by atoms with E-state index in [0.29, 0.717) is 29.1 Å². The van der Waals surface area contributed by atoms with Gasteiger partial charge in [-0.25, -0.2) is 27.1 Å². The van der Waals surface area contributed by atoms with Crippen molar-refractivity contribution in [3.8, 4) is 11.3 Å². The Balaban J connectivity index is 0.00000371. The van der Waals surface area contributed by atoms with Crippen molar-refractivity contribution < 1.29 is 27.8 Å². The molecular weight excluding hydrogens is 523 g/mol. The highest BCUT2D eigenvalue weighted by atomic mass is 32.2. The number of rotatable bonds is 13. The maximum atomic E-state index is 13.6. The van der Waals surface area contributed by atoms with E-state index in [1.165, 1.54) is 37.4 Å². The van der Waals surface area contributed by atoms with E-state index in [-0.39, 0.29) is 30.6 Å². The fourth-order valence-corrected chi connectivity index (χ4v) is 3.91. The zero-order valence-corrected chi connectivity index (χ0v) is 24.8. The first kappa shape index (κ1) is 34.1. The normalized spacial score (nSPS) is 13.1. The van der Waals surface area contributed by atoms with E-state index in [1.807, 2.05) is 34.6 Å². The van der Waals surface area contributed by atoms with Crippen molar-refractivity contribution in [3.05, 3.63) is 47.4 Å². The van der Waals surface area contributed by atoms with Crippen LogP contribution in [-0.2, 0) is 14.8 Å².